The Labute approximate surface area is 156 Å². The Morgan fingerprint density at radius 1 is 0.760 bits per heavy atom. The average molecular weight is 397 g/mol. The van der Waals surface area contributed by atoms with E-state index in [0.29, 0.717) is 16.8 Å². The van der Waals surface area contributed by atoms with E-state index in [1.807, 2.05) is 53.4 Å². The number of carbonyl (C=O) groups is 2. The van der Waals surface area contributed by atoms with Gasteiger partial charge in [-0.25, -0.2) is 0 Å². The van der Waals surface area contributed by atoms with E-state index in [-0.39, 0.29) is 35.2 Å². The Bertz CT molecular complexity index is 835. The number of nitrogens with one attached hydrogen (secondary N) is 1. The van der Waals surface area contributed by atoms with Crippen molar-refractivity contribution < 1.29 is 31.1 Å². The van der Waals surface area contributed by atoms with E-state index >= 15 is 0 Å². The quantitative estimate of drug-likeness (QED) is 0.491. The minimum absolute atomic E-state index is 0. The number of rotatable bonds is 5. The highest BCUT2D eigenvalue weighted by Gasteiger charge is 2.12. The first kappa shape index (κ1) is 18.5. The molecular weight excluding hydrogens is 380 g/mol. The molecule has 0 aliphatic rings. The van der Waals surface area contributed by atoms with Crippen LogP contribution < -0.4 is 26.9 Å². The van der Waals surface area contributed by atoms with E-state index < -0.39 is 0 Å². The summed E-state index contributed by atoms with van der Waals surface area (Å²) in [7, 11) is 0. The summed E-state index contributed by atoms with van der Waals surface area (Å²) in [6.07, 6.45) is 3.71. The van der Waals surface area contributed by atoms with E-state index in [4.69, 9.17) is 0 Å². The third-order valence-electron chi connectivity index (χ3n) is 3.60. The van der Waals surface area contributed by atoms with E-state index in [0.717, 1.165) is 0 Å². The number of aromatic nitrogens is 1. The van der Waals surface area contributed by atoms with Crippen molar-refractivity contribution in [2.75, 3.05) is 5.32 Å². The zero-order valence-electron chi connectivity index (χ0n) is 13.4. The number of pyridine rings is 1. The first-order valence-electron chi connectivity index (χ1n) is 7.66. The van der Waals surface area contributed by atoms with Gasteiger partial charge in [-0.3, -0.25) is 9.59 Å². The molecule has 4 nitrogen and oxygen atoms in total. The summed E-state index contributed by atoms with van der Waals surface area (Å²) in [6.45, 7) is 0.288. The SMILES string of the molecule is O=C(C[n+]1ccccc1)c1ccc(NC(=O)c2ccccc2)cc1.[Br-]. The molecule has 1 heterocycles. The van der Waals surface area contributed by atoms with Gasteiger partial charge in [0.2, 0.25) is 12.3 Å². The van der Waals surface area contributed by atoms with Crippen molar-refractivity contribution in [3.63, 3.8) is 0 Å². The minimum atomic E-state index is -0.172. The van der Waals surface area contributed by atoms with Gasteiger partial charge in [-0.1, -0.05) is 24.3 Å². The Balaban J connectivity index is 0.00000225. The third kappa shape index (κ3) is 5.09. The maximum atomic E-state index is 12.3. The maximum absolute atomic E-state index is 12.3. The van der Waals surface area contributed by atoms with Crippen LogP contribution in [-0.4, -0.2) is 11.7 Å². The van der Waals surface area contributed by atoms with Gasteiger partial charge in [0, 0.05) is 28.9 Å². The molecule has 1 N–H and O–H groups in total. The van der Waals surface area contributed by atoms with Crippen LogP contribution in [0.4, 0.5) is 5.69 Å². The lowest BCUT2D eigenvalue weighted by Crippen LogP contribution is -3.00. The van der Waals surface area contributed by atoms with E-state index in [2.05, 4.69) is 5.32 Å². The van der Waals surface area contributed by atoms with Gasteiger partial charge in [0.25, 0.3) is 5.91 Å². The molecular formula is C20H17BrN2O2. The van der Waals surface area contributed by atoms with Gasteiger partial charge in [-0.15, -0.1) is 0 Å². The molecule has 0 spiro atoms. The predicted molar refractivity (Wildman–Crippen MR) is 91.8 cm³/mol. The largest absolute Gasteiger partial charge is 1.00 e. The highest BCUT2D eigenvalue weighted by atomic mass is 79.9. The van der Waals surface area contributed by atoms with Crippen molar-refractivity contribution in [1.29, 1.82) is 0 Å². The molecule has 126 valence electrons. The number of anilines is 1. The molecule has 25 heavy (non-hydrogen) atoms. The van der Waals surface area contributed by atoms with Gasteiger partial charge in [0.05, 0.1) is 0 Å². The number of nitrogens with zero attached hydrogens (tertiary/aromatic N) is 1. The molecule has 3 rings (SSSR count). The zero-order chi connectivity index (χ0) is 16.8. The molecule has 3 aromatic rings. The first-order valence-corrected chi connectivity index (χ1v) is 7.66. The lowest BCUT2D eigenvalue weighted by molar-refractivity contribution is -0.683. The van der Waals surface area contributed by atoms with Gasteiger partial charge in [0.1, 0.15) is 0 Å². The standard InChI is InChI=1S/C20H16N2O2.BrH/c23-19(15-22-13-5-2-6-14-22)16-9-11-18(12-10-16)21-20(24)17-7-3-1-4-8-17;/h1-14H,15H2;1H. The topological polar surface area (TPSA) is 50.0 Å². The van der Waals surface area contributed by atoms with E-state index in [9.17, 15) is 9.59 Å². The van der Waals surface area contributed by atoms with Gasteiger partial charge < -0.3 is 22.3 Å². The molecule has 0 fully saturated rings. The molecule has 0 saturated heterocycles. The normalized spacial score (nSPS) is 9.76. The van der Waals surface area contributed by atoms with Crippen molar-refractivity contribution >= 4 is 17.4 Å². The first-order chi connectivity index (χ1) is 11.7. The zero-order valence-corrected chi connectivity index (χ0v) is 15.0. The number of hydrogen-bond acceptors (Lipinski definition) is 2. The van der Waals surface area contributed by atoms with Gasteiger partial charge in [0.15, 0.2) is 12.4 Å². The van der Waals surface area contributed by atoms with Crippen LogP contribution in [-0.2, 0) is 6.54 Å². The molecule has 0 aliphatic carbocycles. The predicted octanol–water partition coefficient (Wildman–Crippen LogP) is 0.113. The second-order valence-corrected chi connectivity index (χ2v) is 5.37. The van der Waals surface area contributed by atoms with Crippen LogP contribution in [0.15, 0.2) is 85.2 Å². The fourth-order valence-electron chi connectivity index (χ4n) is 2.33. The lowest BCUT2D eigenvalue weighted by atomic mass is 10.1. The number of amides is 1. The molecule has 5 heteroatoms. The lowest BCUT2D eigenvalue weighted by Gasteiger charge is -2.06. The van der Waals surface area contributed by atoms with Gasteiger partial charge in [-0.2, -0.15) is 4.57 Å². The second-order valence-electron chi connectivity index (χ2n) is 5.37. The number of halogens is 1. The monoisotopic (exact) mass is 396 g/mol. The van der Waals surface area contributed by atoms with E-state index in [1.165, 1.54) is 0 Å². The van der Waals surface area contributed by atoms with E-state index in [1.54, 1.807) is 36.4 Å². The van der Waals surface area contributed by atoms with Crippen molar-refractivity contribution in [2.24, 2.45) is 0 Å². The number of Topliss-reactive ketones (excluding diaryl/α,β-unsaturated/α-hetero) is 1. The highest BCUT2D eigenvalue weighted by molar-refractivity contribution is 6.04. The second kappa shape index (κ2) is 8.89. The molecule has 0 unspecified atom stereocenters. The summed E-state index contributed by atoms with van der Waals surface area (Å²) in [5.74, 6) is -0.151. The van der Waals surface area contributed by atoms with Crippen LogP contribution in [0.5, 0.6) is 0 Å². The van der Waals surface area contributed by atoms with Crippen molar-refractivity contribution in [2.45, 2.75) is 6.54 Å². The molecule has 1 amide bonds. The van der Waals surface area contributed by atoms with Crippen LogP contribution in [0, 0.1) is 0 Å². The summed E-state index contributed by atoms with van der Waals surface area (Å²) in [5, 5.41) is 2.82. The Morgan fingerprint density at radius 3 is 2.00 bits per heavy atom. The van der Waals surface area contributed by atoms with Gasteiger partial charge in [-0.05, 0) is 36.4 Å². The molecule has 0 radical (unpaired) electrons. The number of benzene rings is 2. The summed E-state index contributed by atoms with van der Waals surface area (Å²) >= 11 is 0. The number of carbonyl (C=O) groups excluding carboxylic acids is 2. The molecule has 0 aliphatic heterocycles. The fraction of sp³-hybridized carbons (Fsp3) is 0.0500. The van der Waals surface area contributed by atoms with Gasteiger partial charge >= 0.3 is 0 Å². The van der Waals surface area contributed by atoms with Crippen LogP contribution in [0.1, 0.15) is 20.7 Å². The molecule has 0 atom stereocenters. The molecule has 2 aromatic carbocycles. The Morgan fingerprint density at radius 2 is 1.36 bits per heavy atom. The van der Waals surface area contributed by atoms with Crippen LogP contribution in [0.25, 0.3) is 0 Å². The summed E-state index contributed by atoms with van der Waals surface area (Å²) < 4.78 is 1.83. The Kier molecular flexibility index (Phi) is 6.60. The Hall–Kier alpha value is -2.79. The minimum Gasteiger partial charge on any atom is -1.00 e. The maximum Gasteiger partial charge on any atom is 0.255 e. The number of hydrogen-bond donors (Lipinski definition) is 1. The summed E-state index contributed by atoms with van der Waals surface area (Å²) in [6, 6.07) is 21.6. The third-order valence-corrected chi connectivity index (χ3v) is 3.60. The smallest absolute Gasteiger partial charge is 0.255 e. The molecule has 0 bridgehead atoms. The van der Waals surface area contributed by atoms with Crippen LogP contribution in [0.3, 0.4) is 0 Å². The van der Waals surface area contributed by atoms with Crippen molar-refractivity contribution in [3.05, 3.63) is 96.3 Å². The highest BCUT2D eigenvalue weighted by Crippen LogP contribution is 2.12. The fourth-order valence-corrected chi connectivity index (χ4v) is 2.33. The summed E-state index contributed by atoms with van der Waals surface area (Å²) in [4.78, 5) is 24.4. The number of ketones is 1. The molecule has 1 aromatic heterocycles. The van der Waals surface area contributed by atoms with Crippen LogP contribution >= 0.6 is 0 Å². The van der Waals surface area contributed by atoms with Crippen molar-refractivity contribution in [3.8, 4) is 0 Å². The summed E-state index contributed by atoms with van der Waals surface area (Å²) in [5.41, 5.74) is 1.87. The molecule has 0 saturated carbocycles. The van der Waals surface area contributed by atoms with Crippen molar-refractivity contribution in [1.82, 2.24) is 0 Å². The average Bonchev–Trinajstić information content (AvgIpc) is 2.64. The van der Waals surface area contributed by atoms with Crippen LogP contribution in [0.2, 0.25) is 0 Å².